The topological polar surface area (TPSA) is 29.5 Å². The van der Waals surface area contributed by atoms with E-state index in [1.165, 1.54) is 16.3 Å². The number of amides is 1. The molecule has 0 aliphatic carbocycles. The summed E-state index contributed by atoms with van der Waals surface area (Å²) in [6.45, 7) is 10.5. The van der Waals surface area contributed by atoms with E-state index in [1.807, 2.05) is 31.7 Å². The zero-order valence-electron chi connectivity index (χ0n) is 15.4. The highest BCUT2D eigenvalue weighted by atomic mass is 16.6. The summed E-state index contributed by atoms with van der Waals surface area (Å²) in [5.74, 6) is 0. The SMILES string of the molecule is C=C[C@]1(Cc2cccc3ccccc23)CCCN1C(=O)OC(C)(C)C. The summed E-state index contributed by atoms with van der Waals surface area (Å²) in [6.07, 6.45) is 4.34. The van der Waals surface area contributed by atoms with Gasteiger partial charge in [0, 0.05) is 13.0 Å². The van der Waals surface area contributed by atoms with E-state index in [2.05, 4.69) is 49.0 Å². The average Bonchev–Trinajstić information content (AvgIpc) is 2.98. The Balaban J connectivity index is 1.94. The molecule has 0 radical (unpaired) electrons. The Kier molecular flexibility index (Phi) is 4.59. The Hall–Kier alpha value is -2.29. The Bertz CT molecular complexity index is 785. The number of hydrogen-bond donors (Lipinski definition) is 0. The molecule has 0 unspecified atom stereocenters. The van der Waals surface area contributed by atoms with Crippen molar-refractivity contribution < 1.29 is 9.53 Å². The van der Waals surface area contributed by atoms with Crippen LogP contribution in [0.2, 0.25) is 0 Å². The fourth-order valence-corrected chi connectivity index (χ4v) is 3.74. The maximum Gasteiger partial charge on any atom is 0.411 e. The third-order valence-electron chi connectivity index (χ3n) is 4.90. The van der Waals surface area contributed by atoms with Gasteiger partial charge in [-0.2, -0.15) is 0 Å². The Morgan fingerprint density at radius 1 is 1.24 bits per heavy atom. The molecule has 2 aromatic rings. The molecule has 0 N–H and O–H groups in total. The van der Waals surface area contributed by atoms with Gasteiger partial charge in [0.15, 0.2) is 0 Å². The molecule has 25 heavy (non-hydrogen) atoms. The second kappa shape index (κ2) is 6.55. The van der Waals surface area contributed by atoms with Crippen LogP contribution in [-0.4, -0.2) is 28.7 Å². The smallest absolute Gasteiger partial charge is 0.411 e. The number of fused-ring (bicyclic) bond motifs is 1. The van der Waals surface area contributed by atoms with Crippen molar-refractivity contribution >= 4 is 16.9 Å². The van der Waals surface area contributed by atoms with Crippen molar-refractivity contribution in [3.8, 4) is 0 Å². The summed E-state index contributed by atoms with van der Waals surface area (Å²) in [7, 11) is 0. The van der Waals surface area contributed by atoms with Gasteiger partial charge in [-0.05, 0) is 49.9 Å². The standard InChI is InChI=1S/C22H27NO2/c1-5-22(14-9-15-23(22)20(24)25-21(2,3)4)16-18-12-8-11-17-10-6-7-13-19(17)18/h5-8,10-13H,1,9,14-16H2,2-4H3/t22-/m1/s1. The summed E-state index contributed by atoms with van der Waals surface area (Å²) in [5, 5.41) is 2.46. The van der Waals surface area contributed by atoms with Crippen molar-refractivity contribution in [2.45, 2.75) is 51.2 Å². The second-order valence-electron chi connectivity index (χ2n) is 7.86. The summed E-state index contributed by atoms with van der Waals surface area (Å²) in [4.78, 5) is 14.6. The van der Waals surface area contributed by atoms with Crippen LogP contribution in [0, 0.1) is 0 Å². The number of nitrogens with zero attached hydrogens (tertiary/aromatic N) is 1. The molecule has 1 heterocycles. The van der Waals surface area contributed by atoms with Crippen LogP contribution in [0.3, 0.4) is 0 Å². The number of likely N-dealkylation sites (tertiary alicyclic amines) is 1. The highest BCUT2D eigenvalue weighted by molar-refractivity contribution is 5.86. The maximum atomic E-state index is 12.7. The molecule has 1 atom stereocenters. The largest absolute Gasteiger partial charge is 0.444 e. The Labute approximate surface area is 150 Å². The molecule has 3 nitrogen and oxygen atoms in total. The van der Waals surface area contributed by atoms with Crippen molar-refractivity contribution in [3.63, 3.8) is 0 Å². The van der Waals surface area contributed by atoms with Gasteiger partial charge in [0.2, 0.25) is 0 Å². The summed E-state index contributed by atoms with van der Waals surface area (Å²) in [5.41, 5.74) is 0.367. The normalized spacial score (nSPS) is 20.7. The van der Waals surface area contributed by atoms with E-state index in [4.69, 9.17) is 4.74 Å². The number of carbonyl (C=O) groups is 1. The van der Waals surface area contributed by atoms with Crippen molar-refractivity contribution in [1.29, 1.82) is 0 Å². The van der Waals surface area contributed by atoms with E-state index in [9.17, 15) is 4.79 Å². The molecule has 0 saturated carbocycles. The van der Waals surface area contributed by atoms with Crippen LogP contribution in [0.25, 0.3) is 10.8 Å². The van der Waals surface area contributed by atoms with Crippen molar-refractivity contribution in [1.82, 2.24) is 4.90 Å². The Morgan fingerprint density at radius 2 is 1.96 bits per heavy atom. The van der Waals surface area contributed by atoms with Crippen molar-refractivity contribution in [2.75, 3.05) is 6.54 Å². The van der Waals surface area contributed by atoms with Gasteiger partial charge in [-0.25, -0.2) is 4.79 Å². The van der Waals surface area contributed by atoms with Crippen LogP contribution < -0.4 is 0 Å². The monoisotopic (exact) mass is 337 g/mol. The molecule has 1 aliphatic heterocycles. The average molecular weight is 337 g/mol. The third kappa shape index (κ3) is 3.55. The molecule has 1 fully saturated rings. The minimum atomic E-state index is -0.494. The van der Waals surface area contributed by atoms with Crippen LogP contribution >= 0.6 is 0 Å². The number of rotatable bonds is 3. The Morgan fingerprint density at radius 3 is 2.68 bits per heavy atom. The van der Waals surface area contributed by atoms with Gasteiger partial charge >= 0.3 is 6.09 Å². The van der Waals surface area contributed by atoms with Crippen LogP contribution in [0.4, 0.5) is 4.79 Å². The predicted molar refractivity (Wildman–Crippen MR) is 103 cm³/mol. The zero-order valence-corrected chi connectivity index (χ0v) is 15.4. The zero-order chi connectivity index (χ0) is 18.1. The maximum absolute atomic E-state index is 12.7. The molecule has 132 valence electrons. The first-order chi connectivity index (χ1) is 11.8. The number of benzene rings is 2. The van der Waals surface area contributed by atoms with Crippen LogP contribution in [0.5, 0.6) is 0 Å². The minimum Gasteiger partial charge on any atom is -0.444 e. The van der Waals surface area contributed by atoms with Gasteiger partial charge in [0.1, 0.15) is 5.60 Å². The van der Waals surface area contributed by atoms with Gasteiger partial charge in [0.05, 0.1) is 5.54 Å². The van der Waals surface area contributed by atoms with E-state index in [0.717, 1.165) is 19.3 Å². The molecule has 3 heteroatoms. The highest BCUT2D eigenvalue weighted by Crippen LogP contribution is 2.36. The van der Waals surface area contributed by atoms with Gasteiger partial charge in [-0.3, -0.25) is 4.90 Å². The molecule has 1 saturated heterocycles. The number of carbonyl (C=O) groups excluding carboxylic acids is 1. The van der Waals surface area contributed by atoms with Crippen LogP contribution in [0.1, 0.15) is 39.2 Å². The molecular formula is C22H27NO2. The van der Waals surface area contributed by atoms with E-state index in [-0.39, 0.29) is 11.6 Å². The lowest BCUT2D eigenvalue weighted by Gasteiger charge is -2.37. The van der Waals surface area contributed by atoms with Gasteiger partial charge in [0.25, 0.3) is 0 Å². The van der Waals surface area contributed by atoms with Crippen LogP contribution in [0.15, 0.2) is 55.1 Å². The molecule has 0 spiro atoms. The van der Waals surface area contributed by atoms with E-state index in [0.29, 0.717) is 6.54 Å². The minimum absolute atomic E-state index is 0.245. The molecule has 3 rings (SSSR count). The van der Waals surface area contributed by atoms with E-state index >= 15 is 0 Å². The van der Waals surface area contributed by atoms with Crippen LogP contribution in [-0.2, 0) is 11.2 Å². The lowest BCUT2D eigenvalue weighted by Crippen LogP contribution is -2.49. The van der Waals surface area contributed by atoms with E-state index < -0.39 is 5.60 Å². The van der Waals surface area contributed by atoms with Gasteiger partial charge in [-0.1, -0.05) is 48.5 Å². The van der Waals surface area contributed by atoms with Gasteiger partial charge < -0.3 is 4.74 Å². The molecule has 0 aromatic heterocycles. The first-order valence-corrected chi connectivity index (χ1v) is 8.95. The fourth-order valence-electron chi connectivity index (χ4n) is 3.74. The summed E-state index contributed by atoms with van der Waals surface area (Å²) in [6, 6.07) is 14.7. The first kappa shape index (κ1) is 17.5. The summed E-state index contributed by atoms with van der Waals surface area (Å²) < 4.78 is 5.64. The second-order valence-corrected chi connectivity index (χ2v) is 7.86. The van der Waals surface area contributed by atoms with Gasteiger partial charge in [-0.15, -0.1) is 6.58 Å². The van der Waals surface area contributed by atoms with E-state index in [1.54, 1.807) is 0 Å². The predicted octanol–water partition coefficient (Wildman–Crippen LogP) is 5.34. The highest BCUT2D eigenvalue weighted by Gasteiger charge is 2.43. The fraction of sp³-hybridized carbons (Fsp3) is 0.409. The van der Waals surface area contributed by atoms with Crippen molar-refractivity contribution in [3.05, 3.63) is 60.7 Å². The number of ether oxygens (including phenoxy) is 1. The third-order valence-corrected chi connectivity index (χ3v) is 4.90. The molecule has 1 aliphatic rings. The molecule has 2 aromatic carbocycles. The molecule has 0 bridgehead atoms. The molecular weight excluding hydrogens is 310 g/mol. The quantitative estimate of drug-likeness (QED) is 0.708. The lowest BCUT2D eigenvalue weighted by atomic mass is 9.86. The summed E-state index contributed by atoms with van der Waals surface area (Å²) >= 11 is 0. The molecule has 1 amide bonds. The lowest BCUT2D eigenvalue weighted by molar-refractivity contribution is 0.0148. The van der Waals surface area contributed by atoms with Crippen molar-refractivity contribution in [2.24, 2.45) is 0 Å². The first-order valence-electron chi connectivity index (χ1n) is 8.95. The number of hydrogen-bond acceptors (Lipinski definition) is 2.